The maximum atomic E-state index is 9.64. The van der Waals surface area contributed by atoms with Crippen LogP contribution in [0.1, 0.15) is 19.3 Å². The van der Waals surface area contributed by atoms with Crippen LogP contribution in [0.25, 0.3) is 0 Å². The molecule has 0 bridgehead atoms. The molecule has 0 amide bonds. The van der Waals surface area contributed by atoms with Crippen molar-refractivity contribution in [1.29, 1.82) is 0 Å². The van der Waals surface area contributed by atoms with E-state index in [-0.39, 0.29) is 6.61 Å². The molecule has 1 aromatic rings. The van der Waals surface area contributed by atoms with Gasteiger partial charge in [0.15, 0.2) is 0 Å². The highest BCUT2D eigenvalue weighted by Crippen LogP contribution is 2.27. The number of nitrogens with zero attached hydrogens (tertiary/aromatic N) is 4. The van der Waals surface area contributed by atoms with Crippen LogP contribution in [0.3, 0.4) is 0 Å². The highest BCUT2D eigenvalue weighted by Gasteiger charge is 2.34. The minimum atomic E-state index is 0.266. The molecule has 5 heteroatoms. The second-order valence-electron chi connectivity index (χ2n) is 6.02. The maximum absolute atomic E-state index is 9.64. The lowest BCUT2D eigenvalue weighted by molar-refractivity contribution is 0.149. The topological polar surface area (TPSA) is 52.5 Å². The van der Waals surface area contributed by atoms with Crippen LogP contribution in [0, 0.1) is 11.8 Å². The monoisotopic (exact) mass is 276 g/mol. The first kappa shape index (κ1) is 13.8. The van der Waals surface area contributed by atoms with E-state index in [1.54, 1.807) is 12.4 Å². The van der Waals surface area contributed by atoms with Gasteiger partial charge in [0.1, 0.15) is 0 Å². The van der Waals surface area contributed by atoms with Gasteiger partial charge in [0.25, 0.3) is 0 Å². The van der Waals surface area contributed by atoms with Gasteiger partial charge in [-0.3, -0.25) is 0 Å². The number of aliphatic hydroxyl groups excluding tert-OH is 1. The molecule has 2 saturated heterocycles. The van der Waals surface area contributed by atoms with E-state index in [2.05, 4.69) is 19.8 Å². The van der Waals surface area contributed by atoms with E-state index < -0.39 is 0 Å². The summed E-state index contributed by atoms with van der Waals surface area (Å²) in [5.41, 5.74) is 0. The van der Waals surface area contributed by atoms with Crippen molar-refractivity contribution in [2.45, 2.75) is 19.3 Å². The molecule has 1 N–H and O–H groups in total. The molecule has 0 radical (unpaired) electrons. The highest BCUT2D eigenvalue weighted by molar-refractivity contribution is 5.31. The third-order valence-corrected chi connectivity index (χ3v) is 4.59. The summed E-state index contributed by atoms with van der Waals surface area (Å²) in [4.78, 5) is 13.4. The zero-order chi connectivity index (χ0) is 13.8. The van der Waals surface area contributed by atoms with Gasteiger partial charge in [0, 0.05) is 44.6 Å². The Labute approximate surface area is 120 Å². The fourth-order valence-corrected chi connectivity index (χ4v) is 3.44. The van der Waals surface area contributed by atoms with Crippen LogP contribution in [0.5, 0.6) is 0 Å². The molecule has 0 aliphatic carbocycles. The van der Waals surface area contributed by atoms with E-state index in [0.717, 1.165) is 25.6 Å². The molecule has 0 saturated carbocycles. The summed E-state index contributed by atoms with van der Waals surface area (Å²) in [6.45, 7) is 5.65. The Morgan fingerprint density at radius 2 is 1.75 bits per heavy atom. The Morgan fingerprint density at radius 3 is 2.45 bits per heavy atom. The largest absolute Gasteiger partial charge is 0.396 e. The van der Waals surface area contributed by atoms with Crippen LogP contribution >= 0.6 is 0 Å². The lowest BCUT2D eigenvalue weighted by atomic mass is 9.95. The first-order chi connectivity index (χ1) is 9.86. The Morgan fingerprint density at radius 1 is 1.05 bits per heavy atom. The average Bonchev–Trinajstić information content (AvgIpc) is 2.92. The molecule has 0 unspecified atom stereocenters. The van der Waals surface area contributed by atoms with E-state index in [1.807, 2.05) is 6.07 Å². The van der Waals surface area contributed by atoms with Gasteiger partial charge in [0.2, 0.25) is 5.95 Å². The van der Waals surface area contributed by atoms with Gasteiger partial charge < -0.3 is 14.9 Å². The second kappa shape index (κ2) is 6.50. The molecule has 3 rings (SSSR count). The summed E-state index contributed by atoms with van der Waals surface area (Å²) >= 11 is 0. The van der Waals surface area contributed by atoms with Crippen molar-refractivity contribution < 1.29 is 5.11 Å². The Hall–Kier alpha value is -1.20. The normalized spacial score (nSPS) is 27.9. The first-order valence-corrected chi connectivity index (χ1v) is 7.72. The Kier molecular flexibility index (Phi) is 4.47. The summed E-state index contributed by atoms with van der Waals surface area (Å²) in [5.74, 6) is 1.68. The number of piperidine rings is 1. The van der Waals surface area contributed by atoms with Crippen LogP contribution in [0.2, 0.25) is 0 Å². The molecule has 5 nitrogen and oxygen atoms in total. The number of aromatic nitrogens is 2. The first-order valence-electron chi connectivity index (χ1n) is 7.72. The molecule has 2 atom stereocenters. The molecule has 2 fully saturated rings. The second-order valence-corrected chi connectivity index (χ2v) is 6.02. The molecule has 1 aromatic heterocycles. The van der Waals surface area contributed by atoms with Crippen molar-refractivity contribution in [3.63, 3.8) is 0 Å². The van der Waals surface area contributed by atoms with Crippen molar-refractivity contribution in [1.82, 2.24) is 14.9 Å². The van der Waals surface area contributed by atoms with Gasteiger partial charge >= 0.3 is 0 Å². The smallest absolute Gasteiger partial charge is 0.225 e. The van der Waals surface area contributed by atoms with Crippen LogP contribution in [0.15, 0.2) is 18.5 Å². The van der Waals surface area contributed by atoms with E-state index in [1.165, 1.54) is 32.4 Å². The zero-order valence-corrected chi connectivity index (χ0v) is 12.0. The molecule has 20 heavy (non-hydrogen) atoms. The number of anilines is 1. The third-order valence-electron chi connectivity index (χ3n) is 4.59. The van der Waals surface area contributed by atoms with E-state index in [4.69, 9.17) is 0 Å². The van der Waals surface area contributed by atoms with Crippen LogP contribution < -0.4 is 4.90 Å². The van der Waals surface area contributed by atoms with E-state index >= 15 is 0 Å². The minimum absolute atomic E-state index is 0.266. The quantitative estimate of drug-likeness (QED) is 0.889. The van der Waals surface area contributed by atoms with E-state index in [9.17, 15) is 5.11 Å². The molecule has 0 aromatic carbocycles. The average molecular weight is 276 g/mol. The summed E-state index contributed by atoms with van der Waals surface area (Å²) in [7, 11) is 0. The summed E-state index contributed by atoms with van der Waals surface area (Å²) < 4.78 is 0. The Balaban J connectivity index is 1.62. The minimum Gasteiger partial charge on any atom is -0.396 e. The van der Waals surface area contributed by atoms with Crippen molar-refractivity contribution in [2.75, 3.05) is 44.2 Å². The van der Waals surface area contributed by atoms with Crippen molar-refractivity contribution >= 4 is 5.95 Å². The van der Waals surface area contributed by atoms with Crippen LogP contribution in [-0.2, 0) is 0 Å². The predicted molar refractivity (Wildman–Crippen MR) is 78.6 cm³/mol. The van der Waals surface area contributed by atoms with Crippen molar-refractivity contribution in [3.05, 3.63) is 18.5 Å². The van der Waals surface area contributed by atoms with Gasteiger partial charge in [-0.1, -0.05) is 6.42 Å². The molecule has 2 aliphatic rings. The summed E-state index contributed by atoms with van der Waals surface area (Å²) in [6.07, 6.45) is 7.58. The van der Waals surface area contributed by atoms with Crippen LogP contribution in [-0.4, -0.2) is 59.3 Å². The molecule has 3 heterocycles. The van der Waals surface area contributed by atoms with E-state index in [0.29, 0.717) is 11.8 Å². The molecule has 110 valence electrons. The van der Waals surface area contributed by atoms with Gasteiger partial charge in [-0.25, -0.2) is 9.97 Å². The van der Waals surface area contributed by atoms with Gasteiger partial charge in [-0.15, -0.1) is 0 Å². The lowest BCUT2D eigenvalue weighted by Crippen LogP contribution is -2.37. The highest BCUT2D eigenvalue weighted by atomic mass is 16.3. The number of hydrogen-bond acceptors (Lipinski definition) is 5. The number of hydrogen-bond donors (Lipinski definition) is 1. The zero-order valence-electron chi connectivity index (χ0n) is 12.0. The maximum Gasteiger partial charge on any atom is 0.225 e. The summed E-state index contributed by atoms with van der Waals surface area (Å²) in [6, 6.07) is 1.84. The molecule has 2 aliphatic heterocycles. The van der Waals surface area contributed by atoms with Crippen LogP contribution in [0.4, 0.5) is 5.95 Å². The van der Waals surface area contributed by atoms with Gasteiger partial charge in [-0.2, -0.15) is 0 Å². The molecular formula is C15H24N4O. The number of likely N-dealkylation sites (tertiary alicyclic amines) is 1. The Bertz CT molecular complexity index is 408. The molecule has 0 spiro atoms. The van der Waals surface area contributed by atoms with Crippen molar-refractivity contribution in [2.24, 2.45) is 11.8 Å². The van der Waals surface area contributed by atoms with Gasteiger partial charge in [0.05, 0.1) is 0 Å². The van der Waals surface area contributed by atoms with Gasteiger partial charge in [-0.05, 0) is 37.9 Å². The fraction of sp³-hybridized carbons (Fsp3) is 0.733. The molecular weight excluding hydrogens is 252 g/mol. The standard InChI is InChI=1S/C15H24N4O/c20-12-14-11-19(15-16-5-4-6-17-15)10-13(14)9-18-7-2-1-3-8-18/h4-6,13-14,20H,1-3,7-12H2/t13-,14-/m0/s1. The summed E-state index contributed by atoms with van der Waals surface area (Å²) in [5, 5.41) is 9.64. The number of rotatable bonds is 4. The fourth-order valence-electron chi connectivity index (χ4n) is 3.44. The lowest BCUT2D eigenvalue weighted by Gasteiger charge is -2.30. The number of aliphatic hydroxyl groups is 1. The third kappa shape index (κ3) is 3.10. The SMILES string of the molecule is OC[C@@H]1CN(c2ncccn2)C[C@@H]1CN1CCCCC1. The predicted octanol–water partition coefficient (Wildman–Crippen LogP) is 1.01. The van der Waals surface area contributed by atoms with Crippen molar-refractivity contribution in [3.8, 4) is 0 Å².